The molecule has 2 aromatic heterocycles. The van der Waals surface area contributed by atoms with E-state index in [0.29, 0.717) is 28.5 Å². The van der Waals surface area contributed by atoms with E-state index in [-0.39, 0.29) is 5.95 Å². The molecule has 0 bridgehead atoms. The van der Waals surface area contributed by atoms with Gasteiger partial charge in [-0.2, -0.15) is 4.98 Å². The molecular formula is C15H15N5O2. The summed E-state index contributed by atoms with van der Waals surface area (Å²) >= 11 is 0. The molecule has 0 saturated heterocycles. The lowest BCUT2D eigenvalue weighted by Gasteiger charge is -2.14. The first-order valence-electron chi connectivity index (χ1n) is 6.54. The van der Waals surface area contributed by atoms with Gasteiger partial charge in [0.25, 0.3) is 0 Å². The topological polar surface area (TPSA) is 109 Å². The Bertz CT molecular complexity index is 828. The van der Waals surface area contributed by atoms with Crippen molar-refractivity contribution in [2.24, 2.45) is 0 Å². The van der Waals surface area contributed by atoms with Gasteiger partial charge in [0.2, 0.25) is 5.95 Å². The lowest BCUT2D eigenvalue weighted by Crippen LogP contribution is -2.01. The van der Waals surface area contributed by atoms with Gasteiger partial charge in [-0.15, -0.1) is 0 Å². The van der Waals surface area contributed by atoms with Crippen molar-refractivity contribution in [1.82, 2.24) is 15.0 Å². The summed E-state index contributed by atoms with van der Waals surface area (Å²) in [5, 5.41) is 0.728. The van der Waals surface area contributed by atoms with E-state index in [4.69, 9.17) is 20.9 Å². The zero-order valence-electron chi connectivity index (χ0n) is 12.2. The Balaban J connectivity index is 2.31. The summed E-state index contributed by atoms with van der Waals surface area (Å²) < 4.78 is 10.8. The number of methoxy groups -OCH3 is 2. The van der Waals surface area contributed by atoms with E-state index in [1.54, 1.807) is 20.4 Å². The highest BCUT2D eigenvalue weighted by Crippen LogP contribution is 2.41. The van der Waals surface area contributed by atoms with E-state index in [1.807, 2.05) is 24.3 Å². The van der Waals surface area contributed by atoms with Crippen molar-refractivity contribution in [1.29, 1.82) is 0 Å². The second-order valence-electron chi connectivity index (χ2n) is 4.60. The van der Waals surface area contributed by atoms with Crippen LogP contribution in [0.3, 0.4) is 0 Å². The molecule has 0 aliphatic rings. The molecule has 0 atom stereocenters. The summed E-state index contributed by atoms with van der Waals surface area (Å²) in [6, 6.07) is 7.36. The molecule has 4 N–H and O–H groups in total. The molecule has 0 aliphatic heterocycles. The Kier molecular flexibility index (Phi) is 3.38. The van der Waals surface area contributed by atoms with Crippen LogP contribution in [0, 0.1) is 0 Å². The third-order valence-electron chi connectivity index (χ3n) is 3.31. The molecule has 22 heavy (non-hydrogen) atoms. The predicted octanol–water partition coefficient (Wildman–Crippen LogP) is 1.87. The second kappa shape index (κ2) is 5.36. The van der Waals surface area contributed by atoms with Crippen molar-refractivity contribution in [3.63, 3.8) is 0 Å². The van der Waals surface area contributed by atoms with Gasteiger partial charge in [0.1, 0.15) is 17.3 Å². The van der Waals surface area contributed by atoms with Gasteiger partial charge in [-0.05, 0) is 18.2 Å². The van der Waals surface area contributed by atoms with Crippen molar-refractivity contribution >= 4 is 22.8 Å². The van der Waals surface area contributed by atoms with Crippen LogP contribution >= 0.6 is 0 Å². The van der Waals surface area contributed by atoms with Gasteiger partial charge in [0, 0.05) is 17.1 Å². The molecule has 7 nitrogen and oxygen atoms in total. The van der Waals surface area contributed by atoms with E-state index in [0.717, 1.165) is 10.9 Å². The summed E-state index contributed by atoms with van der Waals surface area (Å²) in [5.41, 5.74) is 13.5. The second-order valence-corrected chi connectivity index (χ2v) is 4.60. The molecule has 0 radical (unpaired) electrons. The lowest BCUT2D eigenvalue weighted by atomic mass is 10.0. The lowest BCUT2D eigenvalue weighted by molar-refractivity contribution is 0.397. The number of hydrogen-bond donors (Lipinski definition) is 2. The number of nitrogens with two attached hydrogens (primary N) is 2. The van der Waals surface area contributed by atoms with Crippen LogP contribution < -0.4 is 20.9 Å². The minimum atomic E-state index is 0.155. The van der Waals surface area contributed by atoms with Gasteiger partial charge in [0.15, 0.2) is 5.65 Å². The van der Waals surface area contributed by atoms with E-state index >= 15 is 0 Å². The zero-order valence-corrected chi connectivity index (χ0v) is 12.2. The molecule has 0 spiro atoms. The largest absolute Gasteiger partial charge is 0.496 e. The van der Waals surface area contributed by atoms with Crippen molar-refractivity contribution in [2.75, 3.05) is 25.7 Å². The minimum Gasteiger partial charge on any atom is -0.496 e. The average Bonchev–Trinajstić information content (AvgIpc) is 2.53. The van der Waals surface area contributed by atoms with Crippen LogP contribution in [0.5, 0.6) is 11.5 Å². The molecule has 112 valence electrons. The quantitative estimate of drug-likeness (QED) is 0.759. The number of ether oxygens (including phenoxy) is 2. The summed E-state index contributed by atoms with van der Waals surface area (Å²) in [4.78, 5) is 12.3. The van der Waals surface area contributed by atoms with Crippen molar-refractivity contribution in [3.05, 3.63) is 30.5 Å². The molecule has 3 rings (SSSR count). The number of aromatic nitrogens is 3. The fourth-order valence-electron chi connectivity index (χ4n) is 2.31. The number of nitrogens with zero attached hydrogens (tertiary/aromatic N) is 3. The van der Waals surface area contributed by atoms with Crippen LogP contribution in [0.4, 0.5) is 11.8 Å². The Morgan fingerprint density at radius 3 is 2.32 bits per heavy atom. The predicted molar refractivity (Wildman–Crippen MR) is 84.7 cm³/mol. The third kappa shape index (κ3) is 2.22. The summed E-state index contributed by atoms with van der Waals surface area (Å²) in [7, 11) is 3.18. The highest BCUT2D eigenvalue weighted by molar-refractivity contribution is 5.90. The maximum absolute atomic E-state index is 6.09. The molecular weight excluding hydrogens is 282 g/mol. The minimum absolute atomic E-state index is 0.155. The van der Waals surface area contributed by atoms with Crippen LogP contribution in [0.25, 0.3) is 22.2 Å². The summed E-state index contributed by atoms with van der Waals surface area (Å²) in [6.45, 7) is 0. The van der Waals surface area contributed by atoms with E-state index < -0.39 is 0 Å². The molecule has 0 saturated carbocycles. The van der Waals surface area contributed by atoms with Crippen LogP contribution in [0.15, 0.2) is 30.5 Å². The Hall–Kier alpha value is -3.09. The summed E-state index contributed by atoms with van der Waals surface area (Å²) in [6.07, 6.45) is 1.61. The van der Waals surface area contributed by atoms with Gasteiger partial charge in [-0.3, -0.25) is 0 Å². The smallest absolute Gasteiger partial charge is 0.222 e. The fraction of sp³-hybridized carbons (Fsp3) is 0.133. The Morgan fingerprint density at radius 2 is 1.68 bits per heavy atom. The molecule has 0 fully saturated rings. The zero-order chi connectivity index (χ0) is 15.7. The first kappa shape index (κ1) is 13.9. The highest BCUT2D eigenvalue weighted by atomic mass is 16.5. The average molecular weight is 297 g/mol. The molecule has 0 amide bonds. The van der Waals surface area contributed by atoms with Crippen LogP contribution in [0.1, 0.15) is 0 Å². The molecule has 0 unspecified atom stereocenters. The van der Waals surface area contributed by atoms with Gasteiger partial charge < -0.3 is 20.9 Å². The van der Waals surface area contributed by atoms with Crippen LogP contribution in [-0.2, 0) is 0 Å². The van der Waals surface area contributed by atoms with E-state index in [9.17, 15) is 0 Å². The van der Waals surface area contributed by atoms with Gasteiger partial charge in [-0.1, -0.05) is 6.07 Å². The Labute approximate surface area is 126 Å². The van der Waals surface area contributed by atoms with E-state index in [1.165, 1.54) is 0 Å². The molecule has 0 aliphatic carbocycles. The monoisotopic (exact) mass is 297 g/mol. The first-order chi connectivity index (χ1) is 10.6. The number of rotatable bonds is 3. The van der Waals surface area contributed by atoms with Gasteiger partial charge in [-0.25, -0.2) is 9.97 Å². The molecule has 2 heterocycles. The number of nitrogen functional groups attached to an aromatic ring is 2. The van der Waals surface area contributed by atoms with Gasteiger partial charge in [0.05, 0.1) is 19.8 Å². The number of pyridine rings is 1. The maximum atomic E-state index is 6.09. The van der Waals surface area contributed by atoms with E-state index in [2.05, 4.69) is 15.0 Å². The van der Waals surface area contributed by atoms with Gasteiger partial charge >= 0.3 is 0 Å². The highest BCUT2D eigenvalue weighted by Gasteiger charge is 2.17. The third-order valence-corrected chi connectivity index (χ3v) is 3.31. The van der Waals surface area contributed by atoms with Crippen molar-refractivity contribution in [2.45, 2.75) is 0 Å². The Morgan fingerprint density at radius 1 is 1.00 bits per heavy atom. The molecule has 7 heteroatoms. The number of fused-ring (bicyclic) bond motifs is 1. The first-order valence-corrected chi connectivity index (χ1v) is 6.54. The summed E-state index contributed by atoms with van der Waals surface area (Å²) in [5.74, 6) is 1.75. The SMILES string of the molecule is COc1cccc(OC)c1-c1cc2cnc(N)nc2nc1N. The number of anilines is 2. The molecule has 1 aromatic carbocycles. The van der Waals surface area contributed by atoms with Crippen molar-refractivity contribution < 1.29 is 9.47 Å². The van der Waals surface area contributed by atoms with Crippen LogP contribution in [-0.4, -0.2) is 29.2 Å². The number of hydrogen-bond acceptors (Lipinski definition) is 7. The van der Waals surface area contributed by atoms with Crippen LogP contribution in [0.2, 0.25) is 0 Å². The molecule has 3 aromatic rings. The standard InChI is InChI=1S/C15H15N5O2/c1-21-10-4-3-5-11(22-2)12(10)9-6-8-7-18-15(17)20-14(8)19-13(9)16/h3-7H,1-2H3,(H4,16,17,18,19,20). The fourth-order valence-corrected chi connectivity index (χ4v) is 2.31. The maximum Gasteiger partial charge on any atom is 0.222 e. The normalized spacial score (nSPS) is 10.6. The number of benzene rings is 1. The van der Waals surface area contributed by atoms with Crippen molar-refractivity contribution in [3.8, 4) is 22.6 Å².